The first-order valence-corrected chi connectivity index (χ1v) is 7.73. The van der Waals surface area contributed by atoms with Gasteiger partial charge in [-0.15, -0.1) is 11.6 Å². The number of halogens is 1. The summed E-state index contributed by atoms with van der Waals surface area (Å²) < 4.78 is 11.7. The maximum absolute atomic E-state index is 5.87. The van der Waals surface area contributed by atoms with E-state index < -0.39 is 0 Å². The maximum atomic E-state index is 5.87. The molecule has 2 aromatic rings. The van der Waals surface area contributed by atoms with Crippen molar-refractivity contribution in [1.29, 1.82) is 0 Å². The molecule has 0 N–H and O–H groups in total. The summed E-state index contributed by atoms with van der Waals surface area (Å²) in [6, 6.07) is 12.2. The van der Waals surface area contributed by atoms with Gasteiger partial charge in [-0.2, -0.15) is 0 Å². The van der Waals surface area contributed by atoms with Gasteiger partial charge in [-0.3, -0.25) is 0 Å². The number of benzene rings is 2. The normalized spacial score (nSPS) is 10.7. The summed E-state index contributed by atoms with van der Waals surface area (Å²) in [5.41, 5.74) is 0. The van der Waals surface area contributed by atoms with Crippen LogP contribution in [-0.4, -0.2) is 19.1 Å². The molecule has 0 aliphatic heterocycles. The number of hydrogen-bond donors (Lipinski definition) is 0. The molecule has 0 fully saturated rings. The number of rotatable bonds is 8. The Morgan fingerprint density at radius 3 is 2.00 bits per heavy atom. The van der Waals surface area contributed by atoms with Crippen LogP contribution >= 0.6 is 11.6 Å². The van der Waals surface area contributed by atoms with Gasteiger partial charge in [0.25, 0.3) is 0 Å². The van der Waals surface area contributed by atoms with Gasteiger partial charge in [-0.1, -0.05) is 31.2 Å². The lowest BCUT2D eigenvalue weighted by molar-refractivity contribution is 0.309. The molecule has 3 heteroatoms. The molecular weight excluding hydrogens is 272 g/mol. The molecule has 108 valence electrons. The standard InChI is InChI=1S/C17H21ClO2/c1-2-12-19-16-9-10-17(20-13-6-5-11-18)15-8-4-3-7-14(15)16/h3-4,7-10H,2,5-6,11-13H2,1H3. The molecule has 2 nitrogen and oxygen atoms in total. The van der Waals surface area contributed by atoms with Crippen molar-refractivity contribution in [2.75, 3.05) is 19.1 Å². The van der Waals surface area contributed by atoms with E-state index in [-0.39, 0.29) is 0 Å². The van der Waals surface area contributed by atoms with E-state index in [2.05, 4.69) is 19.1 Å². The lowest BCUT2D eigenvalue weighted by atomic mass is 10.1. The van der Waals surface area contributed by atoms with Crippen LogP contribution in [-0.2, 0) is 0 Å². The van der Waals surface area contributed by atoms with E-state index in [1.54, 1.807) is 0 Å². The average molecular weight is 293 g/mol. The Morgan fingerprint density at radius 2 is 1.45 bits per heavy atom. The summed E-state index contributed by atoms with van der Waals surface area (Å²) in [7, 11) is 0. The van der Waals surface area contributed by atoms with Crippen molar-refractivity contribution < 1.29 is 9.47 Å². The fraction of sp³-hybridized carbons (Fsp3) is 0.412. The highest BCUT2D eigenvalue weighted by Gasteiger charge is 2.07. The third-order valence-corrected chi connectivity index (χ3v) is 3.36. The van der Waals surface area contributed by atoms with Gasteiger partial charge in [0.15, 0.2) is 0 Å². The zero-order valence-corrected chi connectivity index (χ0v) is 12.7. The lowest BCUT2D eigenvalue weighted by Crippen LogP contribution is -2.00. The molecule has 0 amide bonds. The Bertz CT molecular complexity index is 540. The second-order valence-corrected chi connectivity index (χ2v) is 5.08. The SMILES string of the molecule is CCCOc1ccc(OCCCCCl)c2ccccc12. The van der Waals surface area contributed by atoms with E-state index in [1.807, 2.05) is 24.3 Å². The minimum Gasteiger partial charge on any atom is -0.493 e. The van der Waals surface area contributed by atoms with Crippen LogP contribution in [0.15, 0.2) is 36.4 Å². The average Bonchev–Trinajstić information content (AvgIpc) is 2.50. The summed E-state index contributed by atoms with van der Waals surface area (Å²) >= 11 is 5.68. The van der Waals surface area contributed by atoms with Crippen LogP contribution in [0.25, 0.3) is 10.8 Å². The molecule has 0 aliphatic carbocycles. The number of unbranched alkanes of at least 4 members (excludes halogenated alkanes) is 1. The predicted octanol–water partition coefficient (Wildman–Crippen LogP) is 5.03. The van der Waals surface area contributed by atoms with Crippen LogP contribution in [0.2, 0.25) is 0 Å². The van der Waals surface area contributed by atoms with Crippen LogP contribution in [0, 0.1) is 0 Å². The van der Waals surface area contributed by atoms with Gasteiger partial charge >= 0.3 is 0 Å². The van der Waals surface area contributed by atoms with Gasteiger partial charge in [0.05, 0.1) is 13.2 Å². The number of fused-ring (bicyclic) bond motifs is 1. The van der Waals surface area contributed by atoms with E-state index in [0.29, 0.717) is 12.5 Å². The second kappa shape index (κ2) is 8.01. The molecular formula is C17H21ClO2. The summed E-state index contributed by atoms with van der Waals surface area (Å²) in [4.78, 5) is 0. The van der Waals surface area contributed by atoms with Crippen molar-refractivity contribution in [2.45, 2.75) is 26.2 Å². The first-order chi connectivity index (χ1) is 9.86. The van der Waals surface area contributed by atoms with Gasteiger partial charge in [0, 0.05) is 16.7 Å². The van der Waals surface area contributed by atoms with Crippen molar-refractivity contribution in [1.82, 2.24) is 0 Å². The summed E-state index contributed by atoms with van der Waals surface area (Å²) in [6.45, 7) is 3.54. The van der Waals surface area contributed by atoms with E-state index in [9.17, 15) is 0 Å². The lowest BCUT2D eigenvalue weighted by Gasteiger charge is -2.13. The predicted molar refractivity (Wildman–Crippen MR) is 85.2 cm³/mol. The van der Waals surface area contributed by atoms with E-state index in [4.69, 9.17) is 21.1 Å². The van der Waals surface area contributed by atoms with Crippen LogP contribution in [0.3, 0.4) is 0 Å². The summed E-state index contributed by atoms with van der Waals surface area (Å²) in [5.74, 6) is 2.53. The topological polar surface area (TPSA) is 18.5 Å². The fourth-order valence-corrected chi connectivity index (χ4v) is 2.28. The third-order valence-electron chi connectivity index (χ3n) is 3.09. The number of ether oxygens (including phenoxy) is 2. The highest BCUT2D eigenvalue weighted by atomic mass is 35.5. The van der Waals surface area contributed by atoms with E-state index in [1.165, 1.54) is 0 Å². The first-order valence-electron chi connectivity index (χ1n) is 7.20. The largest absolute Gasteiger partial charge is 0.493 e. The fourth-order valence-electron chi connectivity index (χ4n) is 2.09. The monoisotopic (exact) mass is 292 g/mol. The molecule has 0 unspecified atom stereocenters. The van der Waals surface area contributed by atoms with Crippen molar-refractivity contribution >= 4 is 22.4 Å². The molecule has 0 heterocycles. The smallest absolute Gasteiger partial charge is 0.127 e. The summed E-state index contributed by atoms with van der Waals surface area (Å²) in [6.07, 6.45) is 2.97. The van der Waals surface area contributed by atoms with Gasteiger partial charge in [-0.05, 0) is 31.4 Å². The number of hydrogen-bond acceptors (Lipinski definition) is 2. The molecule has 0 saturated heterocycles. The van der Waals surface area contributed by atoms with Crippen molar-refractivity contribution in [3.8, 4) is 11.5 Å². The van der Waals surface area contributed by atoms with Crippen LogP contribution < -0.4 is 9.47 Å². The molecule has 0 saturated carbocycles. The zero-order valence-electron chi connectivity index (χ0n) is 11.9. The van der Waals surface area contributed by atoms with E-state index in [0.717, 1.165) is 48.1 Å². The molecule has 20 heavy (non-hydrogen) atoms. The molecule has 0 aromatic heterocycles. The van der Waals surface area contributed by atoms with E-state index >= 15 is 0 Å². The highest BCUT2D eigenvalue weighted by Crippen LogP contribution is 2.33. The first kappa shape index (κ1) is 15.0. The molecule has 2 rings (SSSR count). The Balaban J connectivity index is 2.19. The Kier molecular flexibility index (Phi) is 6.00. The Hall–Kier alpha value is -1.41. The van der Waals surface area contributed by atoms with Gasteiger partial charge in [0.2, 0.25) is 0 Å². The van der Waals surface area contributed by atoms with Gasteiger partial charge < -0.3 is 9.47 Å². The maximum Gasteiger partial charge on any atom is 0.127 e. The Morgan fingerprint density at radius 1 is 0.850 bits per heavy atom. The van der Waals surface area contributed by atoms with Crippen LogP contribution in [0.4, 0.5) is 0 Å². The van der Waals surface area contributed by atoms with Crippen molar-refractivity contribution in [3.05, 3.63) is 36.4 Å². The van der Waals surface area contributed by atoms with Crippen LogP contribution in [0.1, 0.15) is 26.2 Å². The molecule has 2 aromatic carbocycles. The minimum atomic E-state index is 0.688. The highest BCUT2D eigenvalue weighted by molar-refractivity contribution is 6.17. The van der Waals surface area contributed by atoms with Gasteiger partial charge in [0.1, 0.15) is 11.5 Å². The Labute approximate surface area is 125 Å². The molecule has 0 atom stereocenters. The summed E-state index contributed by atoms with van der Waals surface area (Å²) in [5, 5.41) is 2.21. The van der Waals surface area contributed by atoms with Crippen molar-refractivity contribution in [2.24, 2.45) is 0 Å². The second-order valence-electron chi connectivity index (χ2n) is 4.70. The minimum absolute atomic E-state index is 0.688. The molecule has 0 aliphatic rings. The number of alkyl halides is 1. The van der Waals surface area contributed by atoms with Crippen molar-refractivity contribution in [3.63, 3.8) is 0 Å². The quantitative estimate of drug-likeness (QED) is 0.502. The molecule has 0 bridgehead atoms. The molecule has 0 spiro atoms. The zero-order chi connectivity index (χ0) is 14.2. The molecule has 0 radical (unpaired) electrons. The van der Waals surface area contributed by atoms with Gasteiger partial charge in [-0.25, -0.2) is 0 Å². The third kappa shape index (κ3) is 3.80. The van der Waals surface area contributed by atoms with Crippen LogP contribution in [0.5, 0.6) is 11.5 Å².